The largest absolute Gasteiger partial charge is 0.481 e. The Morgan fingerprint density at radius 3 is 2.46 bits per heavy atom. The summed E-state index contributed by atoms with van der Waals surface area (Å²) in [5, 5.41) is 18.8. The smallest absolute Gasteiger partial charge is 0.303 e. The fourth-order valence-electron chi connectivity index (χ4n) is 4.93. The molecule has 2 N–H and O–H groups in total. The van der Waals surface area contributed by atoms with Crippen LogP contribution in [0.4, 0.5) is 0 Å². The van der Waals surface area contributed by atoms with Crippen molar-refractivity contribution in [1.29, 1.82) is 0 Å². The van der Waals surface area contributed by atoms with E-state index in [1.807, 2.05) is 0 Å². The first-order valence-electron chi connectivity index (χ1n) is 11.7. The molecule has 0 aromatic rings. The van der Waals surface area contributed by atoms with Crippen molar-refractivity contribution in [3.05, 3.63) is 0 Å². The van der Waals surface area contributed by atoms with Gasteiger partial charge in [0.05, 0.1) is 18.3 Å². The lowest BCUT2D eigenvalue weighted by atomic mass is 9.77. The van der Waals surface area contributed by atoms with Gasteiger partial charge in [-0.15, -0.1) is 0 Å². The maximum atomic E-state index is 10.6. The molecule has 2 aliphatic heterocycles. The summed E-state index contributed by atoms with van der Waals surface area (Å²) >= 11 is 2.06. The van der Waals surface area contributed by atoms with E-state index in [1.165, 1.54) is 44.3 Å². The molecule has 5 heteroatoms. The Kier molecular flexibility index (Phi) is 11.9. The summed E-state index contributed by atoms with van der Waals surface area (Å²) < 4.78 is 6.23. The highest BCUT2D eigenvalue weighted by Gasteiger charge is 2.47. The Morgan fingerprint density at radius 1 is 1.00 bits per heavy atom. The summed E-state index contributed by atoms with van der Waals surface area (Å²) in [5.41, 5.74) is 0. The third-order valence-electron chi connectivity index (χ3n) is 6.55. The number of aliphatic hydroxyl groups excluding tert-OH is 1. The summed E-state index contributed by atoms with van der Waals surface area (Å²) in [5.74, 6) is 3.10. The summed E-state index contributed by atoms with van der Waals surface area (Å²) in [6, 6.07) is 0. The highest BCUT2D eigenvalue weighted by Crippen LogP contribution is 2.46. The quantitative estimate of drug-likeness (QED) is 0.301. The van der Waals surface area contributed by atoms with Crippen molar-refractivity contribution in [3.63, 3.8) is 0 Å². The fraction of sp³-hybridized carbons (Fsp3) is 0.957. The van der Waals surface area contributed by atoms with Crippen molar-refractivity contribution in [3.8, 4) is 0 Å². The number of fused-ring (bicyclic) bond motifs is 2. The van der Waals surface area contributed by atoms with Crippen LogP contribution in [0, 0.1) is 11.8 Å². The summed E-state index contributed by atoms with van der Waals surface area (Å²) in [6.45, 7) is 2.20. The van der Waals surface area contributed by atoms with Crippen molar-refractivity contribution in [2.75, 3.05) is 11.5 Å². The molecule has 28 heavy (non-hydrogen) atoms. The zero-order chi connectivity index (χ0) is 20.2. The Morgan fingerprint density at radius 2 is 1.71 bits per heavy atom. The number of unbranched alkanes of at least 4 members (excludes halogenated alkanes) is 5. The van der Waals surface area contributed by atoms with Gasteiger partial charge in [0.1, 0.15) is 0 Å². The van der Waals surface area contributed by atoms with Crippen molar-refractivity contribution in [2.24, 2.45) is 11.8 Å². The van der Waals surface area contributed by atoms with Gasteiger partial charge >= 0.3 is 5.97 Å². The molecule has 0 aromatic heterocycles. The standard InChI is InChI=1S/C23H42O4S/c1-2-3-6-10-18(24)11-9-16-28-17-20-19(21-14-15-22(20)27-21)12-7-4-5-8-13-23(25)26/h18-22,24H,2-17H2,1H3,(H,25,26)/t18?,19-,20+,21-,22+/m1/s1. The number of carbonyl (C=O) groups is 1. The topological polar surface area (TPSA) is 66.8 Å². The predicted octanol–water partition coefficient (Wildman–Crippen LogP) is 5.66. The number of ether oxygens (including phenoxy) is 1. The molecular formula is C23H42O4S. The molecule has 0 saturated carbocycles. The Bertz CT molecular complexity index is 431. The van der Waals surface area contributed by atoms with Crippen LogP contribution in [0.5, 0.6) is 0 Å². The van der Waals surface area contributed by atoms with E-state index in [2.05, 4.69) is 18.7 Å². The van der Waals surface area contributed by atoms with E-state index in [9.17, 15) is 9.90 Å². The normalized spacial score (nSPS) is 27.4. The highest BCUT2D eigenvalue weighted by atomic mass is 32.2. The van der Waals surface area contributed by atoms with Crippen molar-refractivity contribution >= 4 is 17.7 Å². The van der Waals surface area contributed by atoms with Crippen LogP contribution >= 0.6 is 11.8 Å². The van der Waals surface area contributed by atoms with E-state index < -0.39 is 5.97 Å². The second kappa shape index (κ2) is 13.9. The number of aliphatic hydroxyl groups is 1. The Balaban J connectivity index is 1.56. The molecule has 0 spiro atoms. The highest BCUT2D eigenvalue weighted by molar-refractivity contribution is 7.99. The minimum Gasteiger partial charge on any atom is -0.481 e. The molecule has 2 aliphatic rings. The lowest BCUT2D eigenvalue weighted by Crippen LogP contribution is -2.29. The van der Waals surface area contributed by atoms with Crippen LogP contribution in [0.3, 0.4) is 0 Å². The van der Waals surface area contributed by atoms with Crippen LogP contribution in [-0.2, 0) is 9.53 Å². The van der Waals surface area contributed by atoms with Crippen LogP contribution in [0.2, 0.25) is 0 Å². The van der Waals surface area contributed by atoms with Crippen molar-refractivity contribution in [2.45, 2.75) is 115 Å². The zero-order valence-corrected chi connectivity index (χ0v) is 18.6. The van der Waals surface area contributed by atoms with Gasteiger partial charge in [0.25, 0.3) is 0 Å². The third kappa shape index (κ3) is 8.62. The number of carboxylic acid groups (broad SMARTS) is 1. The lowest BCUT2D eigenvalue weighted by molar-refractivity contribution is -0.137. The minimum absolute atomic E-state index is 0.105. The average molecular weight is 415 g/mol. The van der Waals surface area contributed by atoms with E-state index in [-0.39, 0.29) is 6.10 Å². The molecule has 1 unspecified atom stereocenters. The molecule has 0 aliphatic carbocycles. The molecule has 2 fully saturated rings. The average Bonchev–Trinajstić information content (AvgIpc) is 3.26. The molecule has 2 rings (SSSR count). The lowest BCUT2D eigenvalue weighted by Gasteiger charge is -2.28. The second-order valence-electron chi connectivity index (χ2n) is 8.83. The molecule has 2 bridgehead atoms. The van der Waals surface area contributed by atoms with Crippen molar-refractivity contribution < 1.29 is 19.7 Å². The number of thioether (sulfide) groups is 1. The first-order valence-corrected chi connectivity index (χ1v) is 12.9. The van der Waals surface area contributed by atoms with Crippen LogP contribution in [0.15, 0.2) is 0 Å². The van der Waals surface area contributed by atoms with Gasteiger partial charge in [-0.2, -0.15) is 11.8 Å². The summed E-state index contributed by atoms with van der Waals surface area (Å²) in [4.78, 5) is 10.6. The van der Waals surface area contributed by atoms with E-state index in [1.54, 1.807) is 0 Å². The second-order valence-corrected chi connectivity index (χ2v) is 9.98. The Labute approximate surface area is 176 Å². The van der Waals surface area contributed by atoms with E-state index in [4.69, 9.17) is 9.84 Å². The molecule has 0 aromatic carbocycles. The van der Waals surface area contributed by atoms with Gasteiger partial charge in [-0.05, 0) is 68.3 Å². The number of aliphatic carboxylic acids is 1. The maximum absolute atomic E-state index is 10.6. The number of rotatable bonds is 17. The first kappa shape index (κ1) is 24.0. The van der Waals surface area contributed by atoms with Gasteiger partial charge < -0.3 is 14.9 Å². The number of hydrogen-bond acceptors (Lipinski definition) is 4. The van der Waals surface area contributed by atoms with Crippen LogP contribution in [0.1, 0.15) is 96.8 Å². The fourth-order valence-corrected chi connectivity index (χ4v) is 6.20. The van der Waals surface area contributed by atoms with Gasteiger partial charge in [-0.25, -0.2) is 0 Å². The SMILES string of the molecule is CCCCCC(O)CCCSC[C@H]1[C@@H](CCCCCCC(=O)O)[C@H]2CC[C@@H]1O2. The molecule has 2 saturated heterocycles. The summed E-state index contributed by atoms with van der Waals surface area (Å²) in [6.07, 6.45) is 15.7. The zero-order valence-electron chi connectivity index (χ0n) is 17.8. The monoisotopic (exact) mass is 414 g/mol. The van der Waals surface area contributed by atoms with Crippen molar-refractivity contribution in [1.82, 2.24) is 0 Å². The molecule has 0 radical (unpaired) electrons. The van der Waals surface area contributed by atoms with E-state index in [0.29, 0.717) is 30.5 Å². The van der Waals surface area contributed by atoms with Crippen LogP contribution in [0.25, 0.3) is 0 Å². The molecule has 0 amide bonds. The van der Waals surface area contributed by atoms with Crippen LogP contribution < -0.4 is 0 Å². The van der Waals surface area contributed by atoms with Gasteiger partial charge in [-0.3, -0.25) is 4.79 Å². The minimum atomic E-state index is -0.674. The molecule has 5 atom stereocenters. The molecular weight excluding hydrogens is 372 g/mol. The first-order chi connectivity index (χ1) is 13.6. The van der Waals surface area contributed by atoms with E-state index >= 15 is 0 Å². The molecule has 164 valence electrons. The Hall–Kier alpha value is -0.260. The molecule has 2 heterocycles. The van der Waals surface area contributed by atoms with Gasteiger partial charge in [0.2, 0.25) is 0 Å². The van der Waals surface area contributed by atoms with Crippen LogP contribution in [-0.4, -0.2) is 46.0 Å². The molecule has 4 nitrogen and oxygen atoms in total. The number of hydrogen-bond donors (Lipinski definition) is 2. The van der Waals surface area contributed by atoms with Gasteiger partial charge in [0, 0.05) is 6.42 Å². The van der Waals surface area contributed by atoms with Gasteiger partial charge in [0.15, 0.2) is 0 Å². The summed E-state index contributed by atoms with van der Waals surface area (Å²) in [7, 11) is 0. The number of carboxylic acids is 1. The predicted molar refractivity (Wildman–Crippen MR) is 117 cm³/mol. The third-order valence-corrected chi connectivity index (χ3v) is 7.74. The van der Waals surface area contributed by atoms with E-state index in [0.717, 1.165) is 50.7 Å². The maximum Gasteiger partial charge on any atom is 0.303 e. The van der Waals surface area contributed by atoms with Gasteiger partial charge in [-0.1, -0.05) is 45.4 Å².